The van der Waals surface area contributed by atoms with Gasteiger partial charge in [0, 0.05) is 17.0 Å². The average molecular weight is 216 g/mol. The van der Waals surface area contributed by atoms with E-state index in [0.29, 0.717) is 11.5 Å². The second kappa shape index (κ2) is 3.11. The zero-order chi connectivity index (χ0) is 11.3. The predicted molar refractivity (Wildman–Crippen MR) is 60.7 cm³/mol. The van der Waals surface area contributed by atoms with Crippen LogP contribution in [0.3, 0.4) is 0 Å². The minimum atomic E-state index is -0.252. The van der Waals surface area contributed by atoms with Crippen LogP contribution >= 0.6 is 0 Å². The fraction of sp³-hybridized carbons (Fsp3) is 0.308. The smallest absolute Gasteiger partial charge is 0.339 e. The molecule has 1 aliphatic rings. The highest BCUT2D eigenvalue weighted by Crippen LogP contribution is 2.31. The van der Waals surface area contributed by atoms with Crippen LogP contribution in [0.25, 0.3) is 11.0 Å². The largest absolute Gasteiger partial charge is 0.508 e. The van der Waals surface area contributed by atoms with Crippen molar-refractivity contribution in [3.05, 3.63) is 39.7 Å². The highest BCUT2D eigenvalue weighted by Gasteiger charge is 2.24. The first-order valence-electron chi connectivity index (χ1n) is 5.42. The number of hydrogen-bond donors (Lipinski definition) is 1. The lowest BCUT2D eigenvalue weighted by Gasteiger charge is -2.03. The molecule has 1 heterocycles. The number of benzene rings is 1. The van der Waals surface area contributed by atoms with Crippen LogP contribution < -0.4 is 5.63 Å². The van der Waals surface area contributed by atoms with Gasteiger partial charge in [0.15, 0.2) is 0 Å². The molecule has 16 heavy (non-hydrogen) atoms. The lowest BCUT2D eigenvalue weighted by atomic mass is 10.1. The molecule has 0 saturated heterocycles. The topological polar surface area (TPSA) is 50.4 Å². The Hall–Kier alpha value is -1.77. The van der Waals surface area contributed by atoms with Crippen molar-refractivity contribution in [3.63, 3.8) is 0 Å². The van der Waals surface area contributed by atoms with Gasteiger partial charge in [-0.3, -0.25) is 0 Å². The third-order valence-corrected chi connectivity index (χ3v) is 3.21. The molecule has 1 atom stereocenters. The third-order valence-electron chi connectivity index (χ3n) is 3.21. The standard InChI is InChI=1S/C13H12O3/c1-7-4-10-9-3-2-8(14)6-12(9)16-13(15)11(10)5-7/h2-3,6-7,14H,4-5H2,1H3. The van der Waals surface area contributed by atoms with Crippen LogP contribution in [-0.2, 0) is 12.8 Å². The monoisotopic (exact) mass is 216 g/mol. The summed E-state index contributed by atoms with van der Waals surface area (Å²) in [4.78, 5) is 11.7. The van der Waals surface area contributed by atoms with Crippen molar-refractivity contribution in [2.24, 2.45) is 5.92 Å². The van der Waals surface area contributed by atoms with E-state index >= 15 is 0 Å². The molecule has 0 bridgehead atoms. The summed E-state index contributed by atoms with van der Waals surface area (Å²) in [6, 6.07) is 4.95. The molecule has 0 saturated carbocycles. The minimum absolute atomic E-state index is 0.127. The van der Waals surface area contributed by atoms with Gasteiger partial charge in [0.2, 0.25) is 0 Å². The van der Waals surface area contributed by atoms with Crippen LogP contribution in [0.15, 0.2) is 27.4 Å². The molecule has 1 aromatic heterocycles. The van der Waals surface area contributed by atoms with Gasteiger partial charge in [0.25, 0.3) is 0 Å². The van der Waals surface area contributed by atoms with E-state index in [0.717, 1.165) is 29.4 Å². The summed E-state index contributed by atoms with van der Waals surface area (Å²) in [6.07, 6.45) is 1.72. The number of hydrogen-bond acceptors (Lipinski definition) is 3. The van der Waals surface area contributed by atoms with Crippen LogP contribution in [0, 0.1) is 5.92 Å². The molecule has 3 heteroatoms. The number of phenols is 1. The SMILES string of the molecule is CC1Cc2c(c3ccc(O)cc3oc2=O)C1. The Labute approximate surface area is 92.3 Å². The average Bonchev–Trinajstić information content (AvgIpc) is 2.60. The molecule has 0 fully saturated rings. The van der Waals surface area contributed by atoms with Gasteiger partial charge in [-0.1, -0.05) is 6.92 Å². The molecule has 2 aromatic rings. The molecule has 0 radical (unpaired) electrons. The van der Waals surface area contributed by atoms with Gasteiger partial charge < -0.3 is 9.52 Å². The van der Waals surface area contributed by atoms with Gasteiger partial charge in [0.05, 0.1) is 0 Å². The molecule has 1 N–H and O–H groups in total. The number of fused-ring (bicyclic) bond motifs is 3. The zero-order valence-electron chi connectivity index (χ0n) is 8.99. The Bertz CT molecular complexity index is 625. The van der Waals surface area contributed by atoms with Crippen molar-refractivity contribution in [2.75, 3.05) is 0 Å². The predicted octanol–water partition coefficient (Wildman–Crippen LogP) is 2.23. The summed E-state index contributed by atoms with van der Waals surface area (Å²) in [5, 5.41) is 10.3. The van der Waals surface area contributed by atoms with Crippen LogP contribution in [0.2, 0.25) is 0 Å². The summed E-state index contributed by atoms with van der Waals surface area (Å²) in [5.41, 5.74) is 2.14. The summed E-state index contributed by atoms with van der Waals surface area (Å²) in [5.74, 6) is 0.624. The van der Waals surface area contributed by atoms with E-state index in [1.165, 1.54) is 6.07 Å². The van der Waals surface area contributed by atoms with Crippen LogP contribution in [0.1, 0.15) is 18.1 Å². The maximum atomic E-state index is 11.7. The highest BCUT2D eigenvalue weighted by atomic mass is 16.4. The quantitative estimate of drug-likeness (QED) is 0.687. The molecular formula is C13H12O3. The molecular weight excluding hydrogens is 204 g/mol. The van der Waals surface area contributed by atoms with Gasteiger partial charge in [-0.05, 0) is 36.5 Å². The van der Waals surface area contributed by atoms with Gasteiger partial charge in [-0.15, -0.1) is 0 Å². The maximum absolute atomic E-state index is 11.7. The minimum Gasteiger partial charge on any atom is -0.508 e. The molecule has 1 aliphatic carbocycles. The van der Waals surface area contributed by atoms with Crippen molar-refractivity contribution in [1.29, 1.82) is 0 Å². The number of phenolic OH excluding ortho intramolecular Hbond substituents is 1. The molecule has 3 nitrogen and oxygen atoms in total. The maximum Gasteiger partial charge on any atom is 0.339 e. The summed E-state index contributed by atoms with van der Waals surface area (Å²) in [6.45, 7) is 2.13. The van der Waals surface area contributed by atoms with Gasteiger partial charge in [0.1, 0.15) is 11.3 Å². The first-order valence-corrected chi connectivity index (χ1v) is 5.42. The lowest BCUT2D eigenvalue weighted by molar-refractivity contribution is 0.472. The van der Waals surface area contributed by atoms with Crippen LogP contribution in [0.4, 0.5) is 0 Å². The van der Waals surface area contributed by atoms with Gasteiger partial charge in [-0.25, -0.2) is 4.79 Å². The Morgan fingerprint density at radius 2 is 2.06 bits per heavy atom. The summed E-state index contributed by atoms with van der Waals surface area (Å²) < 4.78 is 5.22. The Morgan fingerprint density at radius 1 is 1.31 bits per heavy atom. The molecule has 0 amide bonds. The first kappa shape index (κ1) is 9.46. The number of rotatable bonds is 0. The van der Waals surface area contributed by atoms with E-state index in [2.05, 4.69) is 6.92 Å². The van der Waals surface area contributed by atoms with E-state index in [9.17, 15) is 9.90 Å². The fourth-order valence-electron chi connectivity index (χ4n) is 2.50. The van der Waals surface area contributed by atoms with E-state index in [4.69, 9.17) is 4.42 Å². The molecule has 1 unspecified atom stereocenters. The summed E-state index contributed by atoms with van der Waals surface area (Å²) >= 11 is 0. The summed E-state index contributed by atoms with van der Waals surface area (Å²) in [7, 11) is 0. The lowest BCUT2D eigenvalue weighted by Crippen LogP contribution is -2.07. The molecule has 82 valence electrons. The highest BCUT2D eigenvalue weighted by molar-refractivity contribution is 5.83. The van der Waals surface area contributed by atoms with Gasteiger partial charge >= 0.3 is 5.63 Å². The molecule has 1 aromatic carbocycles. The third kappa shape index (κ3) is 1.24. The van der Waals surface area contributed by atoms with E-state index in [-0.39, 0.29) is 11.4 Å². The molecule has 0 spiro atoms. The van der Waals surface area contributed by atoms with E-state index in [1.54, 1.807) is 6.07 Å². The molecule has 3 rings (SSSR count). The van der Waals surface area contributed by atoms with Crippen molar-refractivity contribution < 1.29 is 9.52 Å². The van der Waals surface area contributed by atoms with Crippen LogP contribution in [0.5, 0.6) is 5.75 Å². The van der Waals surface area contributed by atoms with Crippen LogP contribution in [-0.4, -0.2) is 5.11 Å². The normalized spacial score (nSPS) is 18.9. The van der Waals surface area contributed by atoms with E-state index in [1.807, 2.05) is 6.07 Å². The van der Waals surface area contributed by atoms with Gasteiger partial charge in [-0.2, -0.15) is 0 Å². The molecule has 0 aliphatic heterocycles. The van der Waals surface area contributed by atoms with Crippen molar-refractivity contribution in [2.45, 2.75) is 19.8 Å². The zero-order valence-corrected chi connectivity index (χ0v) is 8.99. The second-order valence-electron chi connectivity index (χ2n) is 4.54. The van der Waals surface area contributed by atoms with Crippen molar-refractivity contribution in [1.82, 2.24) is 0 Å². The Kier molecular flexibility index (Phi) is 1.84. The van der Waals surface area contributed by atoms with Crippen molar-refractivity contribution in [3.8, 4) is 5.75 Å². The van der Waals surface area contributed by atoms with E-state index < -0.39 is 0 Å². The Balaban J connectivity index is 2.41. The Morgan fingerprint density at radius 3 is 2.88 bits per heavy atom. The first-order chi connectivity index (χ1) is 7.65. The second-order valence-corrected chi connectivity index (χ2v) is 4.54. The fourth-order valence-corrected chi connectivity index (χ4v) is 2.50. The number of aromatic hydroxyl groups is 1. The van der Waals surface area contributed by atoms with Crippen molar-refractivity contribution >= 4 is 11.0 Å².